The highest BCUT2D eigenvalue weighted by Crippen LogP contribution is 2.26. The summed E-state index contributed by atoms with van der Waals surface area (Å²) in [6.45, 7) is 2.11. The van der Waals surface area contributed by atoms with E-state index < -0.39 is 0 Å². The number of hydrogen-bond acceptors (Lipinski definition) is 2. The van der Waals surface area contributed by atoms with E-state index in [9.17, 15) is 0 Å². The number of aromatic amines is 1. The van der Waals surface area contributed by atoms with Crippen molar-refractivity contribution < 1.29 is 0 Å². The minimum atomic E-state index is 0.263. The molecule has 0 aliphatic heterocycles. The second-order valence-electron chi connectivity index (χ2n) is 3.36. The monoisotopic (exact) mass is 187 g/mol. The molecule has 1 heterocycles. The lowest BCUT2D eigenvalue weighted by Gasteiger charge is -2.11. The van der Waals surface area contributed by atoms with Crippen LogP contribution in [0.4, 0.5) is 5.69 Å². The van der Waals surface area contributed by atoms with Crippen molar-refractivity contribution in [3.05, 3.63) is 48.0 Å². The quantitative estimate of drug-likeness (QED) is 0.708. The summed E-state index contributed by atoms with van der Waals surface area (Å²) in [6, 6.07) is 7.90. The summed E-state index contributed by atoms with van der Waals surface area (Å²) < 4.78 is 0. The molecule has 0 aliphatic carbocycles. The maximum Gasteiger partial charge on any atom is 0.0921 e. The van der Waals surface area contributed by atoms with Crippen LogP contribution in [-0.4, -0.2) is 9.97 Å². The van der Waals surface area contributed by atoms with Crippen LogP contribution in [0.15, 0.2) is 36.8 Å². The van der Waals surface area contributed by atoms with Gasteiger partial charge in [0.1, 0.15) is 0 Å². The van der Waals surface area contributed by atoms with Gasteiger partial charge in [-0.2, -0.15) is 0 Å². The number of aromatic nitrogens is 2. The first-order chi connectivity index (χ1) is 6.79. The second-order valence-corrected chi connectivity index (χ2v) is 3.36. The maximum absolute atomic E-state index is 5.89. The summed E-state index contributed by atoms with van der Waals surface area (Å²) >= 11 is 0. The Morgan fingerprint density at radius 1 is 1.36 bits per heavy atom. The predicted molar refractivity (Wildman–Crippen MR) is 57.0 cm³/mol. The molecule has 1 unspecified atom stereocenters. The lowest BCUT2D eigenvalue weighted by molar-refractivity contribution is 0.886. The number of anilines is 1. The molecule has 1 atom stereocenters. The summed E-state index contributed by atoms with van der Waals surface area (Å²) in [5.41, 5.74) is 8.94. The van der Waals surface area contributed by atoms with Gasteiger partial charge in [-0.3, -0.25) is 0 Å². The van der Waals surface area contributed by atoms with Crippen LogP contribution in [-0.2, 0) is 0 Å². The van der Waals surface area contributed by atoms with Gasteiger partial charge < -0.3 is 10.7 Å². The molecule has 0 fully saturated rings. The molecule has 0 saturated carbocycles. The fourth-order valence-corrected chi connectivity index (χ4v) is 1.58. The molecule has 14 heavy (non-hydrogen) atoms. The Morgan fingerprint density at radius 3 is 2.79 bits per heavy atom. The van der Waals surface area contributed by atoms with E-state index in [4.69, 9.17) is 5.73 Å². The normalized spacial score (nSPS) is 12.6. The van der Waals surface area contributed by atoms with E-state index in [-0.39, 0.29) is 5.92 Å². The van der Waals surface area contributed by atoms with Crippen molar-refractivity contribution >= 4 is 5.69 Å². The first kappa shape index (κ1) is 8.81. The zero-order valence-corrected chi connectivity index (χ0v) is 8.07. The van der Waals surface area contributed by atoms with Crippen LogP contribution in [0.25, 0.3) is 0 Å². The van der Waals surface area contributed by atoms with Crippen molar-refractivity contribution in [3.8, 4) is 0 Å². The Labute approximate surface area is 83.0 Å². The highest BCUT2D eigenvalue weighted by Gasteiger charge is 2.11. The van der Waals surface area contributed by atoms with E-state index >= 15 is 0 Å². The zero-order chi connectivity index (χ0) is 9.97. The smallest absolute Gasteiger partial charge is 0.0921 e. The Kier molecular flexibility index (Phi) is 2.23. The average Bonchev–Trinajstić information content (AvgIpc) is 2.70. The van der Waals surface area contributed by atoms with Crippen LogP contribution in [0, 0.1) is 0 Å². The van der Waals surface area contributed by atoms with Gasteiger partial charge >= 0.3 is 0 Å². The largest absolute Gasteiger partial charge is 0.398 e. The van der Waals surface area contributed by atoms with Crippen LogP contribution in [0.5, 0.6) is 0 Å². The maximum atomic E-state index is 5.89. The zero-order valence-electron chi connectivity index (χ0n) is 8.07. The minimum absolute atomic E-state index is 0.263. The standard InChI is InChI=1S/C11H13N3/c1-8(11-6-13-7-14-11)9-4-2-3-5-10(9)12/h2-8H,12H2,1H3,(H,13,14). The summed E-state index contributed by atoms with van der Waals surface area (Å²) in [6.07, 6.45) is 3.52. The van der Waals surface area contributed by atoms with Gasteiger partial charge in [0.15, 0.2) is 0 Å². The predicted octanol–water partition coefficient (Wildman–Crippen LogP) is 2.14. The van der Waals surface area contributed by atoms with E-state index in [0.29, 0.717) is 0 Å². The molecule has 0 radical (unpaired) electrons. The van der Waals surface area contributed by atoms with Gasteiger partial charge in [0, 0.05) is 23.5 Å². The van der Waals surface area contributed by atoms with E-state index in [1.807, 2.05) is 30.5 Å². The third-order valence-electron chi connectivity index (χ3n) is 2.45. The molecule has 3 N–H and O–H groups in total. The number of nitrogens with zero attached hydrogens (tertiary/aromatic N) is 1. The van der Waals surface area contributed by atoms with Crippen molar-refractivity contribution in [2.75, 3.05) is 5.73 Å². The number of benzene rings is 1. The van der Waals surface area contributed by atoms with Crippen LogP contribution in [0.1, 0.15) is 24.1 Å². The lowest BCUT2D eigenvalue weighted by Crippen LogP contribution is -2.00. The fourth-order valence-electron chi connectivity index (χ4n) is 1.58. The van der Waals surface area contributed by atoms with E-state index in [0.717, 1.165) is 16.9 Å². The lowest BCUT2D eigenvalue weighted by atomic mass is 9.97. The average molecular weight is 187 g/mol. The molecule has 0 spiro atoms. The van der Waals surface area contributed by atoms with Gasteiger partial charge in [-0.25, -0.2) is 4.98 Å². The first-order valence-corrected chi connectivity index (χ1v) is 4.61. The molecule has 0 amide bonds. The van der Waals surface area contributed by atoms with Gasteiger partial charge in [0.25, 0.3) is 0 Å². The van der Waals surface area contributed by atoms with Crippen molar-refractivity contribution in [3.63, 3.8) is 0 Å². The number of rotatable bonds is 2. The summed E-state index contributed by atoms with van der Waals surface area (Å²) in [5.74, 6) is 0.263. The molecule has 1 aromatic carbocycles. The van der Waals surface area contributed by atoms with Gasteiger partial charge in [-0.05, 0) is 11.6 Å². The van der Waals surface area contributed by atoms with Crippen LogP contribution in [0.3, 0.4) is 0 Å². The summed E-state index contributed by atoms with van der Waals surface area (Å²) in [7, 11) is 0. The third kappa shape index (κ3) is 1.48. The molecule has 1 aromatic heterocycles. The summed E-state index contributed by atoms with van der Waals surface area (Å²) in [4.78, 5) is 7.10. The number of H-pyrrole nitrogens is 1. The van der Waals surface area contributed by atoms with Crippen LogP contribution in [0.2, 0.25) is 0 Å². The first-order valence-electron chi connectivity index (χ1n) is 4.61. The second kappa shape index (κ2) is 3.54. The Hall–Kier alpha value is -1.77. The molecular weight excluding hydrogens is 174 g/mol. The number of nitrogens with two attached hydrogens (primary N) is 1. The number of nitrogens with one attached hydrogen (secondary N) is 1. The van der Waals surface area contributed by atoms with Crippen LogP contribution < -0.4 is 5.73 Å². The molecular formula is C11H13N3. The Balaban J connectivity index is 2.37. The van der Waals surface area contributed by atoms with Gasteiger partial charge in [0.05, 0.1) is 6.33 Å². The molecule has 72 valence electrons. The number of hydrogen-bond donors (Lipinski definition) is 2. The van der Waals surface area contributed by atoms with Crippen LogP contribution >= 0.6 is 0 Å². The molecule has 0 saturated heterocycles. The number of para-hydroxylation sites is 1. The Bertz CT molecular complexity index is 406. The highest BCUT2D eigenvalue weighted by atomic mass is 14.9. The van der Waals surface area contributed by atoms with Crippen molar-refractivity contribution in [1.29, 1.82) is 0 Å². The van der Waals surface area contributed by atoms with Gasteiger partial charge in [0.2, 0.25) is 0 Å². The minimum Gasteiger partial charge on any atom is -0.398 e. The van der Waals surface area contributed by atoms with E-state index in [1.165, 1.54) is 0 Å². The SMILES string of the molecule is CC(c1cnc[nH]1)c1ccccc1N. The summed E-state index contributed by atoms with van der Waals surface area (Å²) in [5, 5.41) is 0. The highest BCUT2D eigenvalue weighted by molar-refractivity contribution is 5.50. The van der Waals surface area contributed by atoms with Gasteiger partial charge in [-0.15, -0.1) is 0 Å². The van der Waals surface area contributed by atoms with Crippen molar-refractivity contribution in [2.45, 2.75) is 12.8 Å². The van der Waals surface area contributed by atoms with Gasteiger partial charge in [-0.1, -0.05) is 25.1 Å². The molecule has 0 bridgehead atoms. The number of nitrogen functional groups attached to an aromatic ring is 1. The third-order valence-corrected chi connectivity index (χ3v) is 2.45. The molecule has 0 aliphatic rings. The van der Waals surface area contributed by atoms with E-state index in [2.05, 4.69) is 16.9 Å². The Morgan fingerprint density at radius 2 is 2.14 bits per heavy atom. The molecule has 3 nitrogen and oxygen atoms in total. The topological polar surface area (TPSA) is 54.7 Å². The van der Waals surface area contributed by atoms with E-state index in [1.54, 1.807) is 6.33 Å². The number of imidazole rings is 1. The molecule has 2 rings (SSSR count). The van der Waals surface area contributed by atoms with Crippen molar-refractivity contribution in [2.24, 2.45) is 0 Å². The fraction of sp³-hybridized carbons (Fsp3) is 0.182. The molecule has 3 heteroatoms. The molecule has 2 aromatic rings. The van der Waals surface area contributed by atoms with Crippen molar-refractivity contribution in [1.82, 2.24) is 9.97 Å².